The van der Waals surface area contributed by atoms with Crippen molar-refractivity contribution in [2.75, 3.05) is 19.6 Å². The molecule has 0 radical (unpaired) electrons. The predicted molar refractivity (Wildman–Crippen MR) is 70.7 cm³/mol. The van der Waals surface area contributed by atoms with Crippen LogP contribution in [0, 0.1) is 23.5 Å². The molecule has 0 bridgehead atoms. The zero-order valence-electron chi connectivity index (χ0n) is 11.2. The van der Waals surface area contributed by atoms with Gasteiger partial charge in [0.2, 0.25) is 0 Å². The van der Waals surface area contributed by atoms with Gasteiger partial charge < -0.3 is 5.32 Å². The first kappa shape index (κ1) is 13.0. The van der Waals surface area contributed by atoms with E-state index in [1.807, 2.05) is 0 Å². The number of nitrogens with one attached hydrogen (secondary N) is 1. The molecule has 1 N–H and O–H groups in total. The van der Waals surface area contributed by atoms with Crippen LogP contribution < -0.4 is 5.32 Å². The highest BCUT2D eigenvalue weighted by atomic mass is 19.2. The van der Waals surface area contributed by atoms with Crippen molar-refractivity contribution in [2.45, 2.75) is 25.9 Å². The molecule has 4 heteroatoms. The molecule has 2 heterocycles. The number of halogens is 2. The normalized spacial score (nSPS) is 30.8. The van der Waals surface area contributed by atoms with Gasteiger partial charge >= 0.3 is 0 Å². The third-order valence-corrected chi connectivity index (χ3v) is 4.65. The number of rotatable bonds is 3. The van der Waals surface area contributed by atoms with Crippen LogP contribution in [0.5, 0.6) is 0 Å². The second-order valence-corrected chi connectivity index (χ2v) is 5.70. The van der Waals surface area contributed by atoms with E-state index in [4.69, 9.17) is 0 Å². The lowest BCUT2D eigenvalue weighted by Gasteiger charge is -2.27. The summed E-state index contributed by atoms with van der Waals surface area (Å²) in [6.45, 7) is 5.82. The summed E-state index contributed by atoms with van der Waals surface area (Å²) in [5.74, 6) is -0.0951. The van der Waals surface area contributed by atoms with Crippen molar-refractivity contribution < 1.29 is 8.78 Å². The van der Waals surface area contributed by atoms with Gasteiger partial charge in [0.1, 0.15) is 0 Å². The van der Waals surface area contributed by atoms with E-state index in [0.29, 0.717) is 30.0 Å². The Morgan fingerprint density at radius 2 is 2.16 bits per heavy atom. The van der Waals surface area contributed by atoms with Gasteiger partial charge in [-0.3, -0.25) is 4.90 Å². The van der Waals surface area contributed by atoms with Crippen LogP contribution in [0.25, 0.3) is 0 Å². The molecule has 0 saturated carbocycles. The molecule has 19 heavy (non-hydrogen) atoms. The standard InChI is InChI=1S/C15H20F2N2/c1-2-14-12-7-18-6-11(12)9-19(14)8-10-4-3-5-13(16)15(10)17/h3-5,11-12,14,18H,2,6-9H2,1H3. The van der Waals surface area contributed by atoms with Crippen molar-refractivity contribution in [3.63, 3.8) is 0 Å². The maximum absolute atomic E-state index is 13.8. The average Bonchev–Trinajstić information content (AvgIpc) is 2.95. The van der Waals surface area contributed by atoms with E-state index in [2.05, 4.69) is 17.1 Å². The van der Waals surface area contributed by atoms with Crippen molar-refractivity contribution >= 4 is 0 Å². The van der Waals surface area contributed by atoms with Crippen LogP contribution in [0.1, 0.15) is 18.9 Å². The lowest BCUT2D eigenvalue weighted by atomic mass is 9.93. The molecule has 0 spiro atoms. The van der Waals surface area contributed by atoms with Crippen molar-refractivity contribution in [3.05, 3.63) is 35.4 Å². The van der Waals surface area contributed by atoms with Crippen LogP contribution in [-0.2, 0) is 6.54 Å². The zero-order chi connectivity index (χ0) is 13.4. The number of nitrogens with zero attached hydrogens (tertiary/aromatic N) is 1. The highest BCUT2D eigenvalue weighted by molar-refractivity contribution is 5.19. The lowest BCUT2D eigenvalue weighted by Crippen LogP contribution is -2.34. The summed E-state index contributed by atoms with van der Waals surface area (Å²) < 4.78 is 27.0. The number of hydrogen-bond donors (Lipinski definition) is 1. The number of hydrogen-bond acceptors (Lipinski definition) is 2. The topological polar surface area (TPSA) is 15.3 Å². The Morgan fingerprint density at radius 1 is 1.32 bits per heavy atom. The molecule has 0 aromatic heterocycles. The molecular formula is C15H20F2N2. The van der Waals surface area contributed by atoms with Crippen LogP contribution >= 0.6 is 0 Å². The van der Waals surface area contributed by atoms with Gasteiger partial charge in [-0.05, 0) is 37.4 Å². The predicted octanol–water partition coefficient (Wildman–Crippen LogP) is 2.39. The van der Waals surface area contributed by atoms with Gasteiger partial charge in [0.05, 0.1) is 0 Å². The molecule has 2 saturated heterocycles. The van der Waals surface area contributed by atoms with E-state index in [9.17, 15) is 8.78 Å². The van der Waals surface area contributed by atoms with Crippen LogP contribution in [0.15, 0.2) is 18.2 Å². The van der Waals surface area contributed by atoms with Crippen LogP contribution in [-0.4, -0.2) is 30.6 Å². The van der Waals surface area contributed by atoms with Crippen LogP contribution in [0.2, 0.25) is 0 Å². The molecule has 3 rings (SSSR count). The highest BCUT2D eigenvalue weighted by Gasteiger charge is 2.43. The van der Waals surface area contributed by atoms with Crippen molar-refractivity contribution in [3.8, 4) is 0 Å². The first-order valence-corrected chi connectivity index (χ1v) is 7.08. The van der Waals surface area contributed by atoms with E-state index in [1.54, 1.807) is 12.1 Å². The summed E-state index contributed by atoms with van der Waals surface area (Å²) in [4.78, 5) is 2.33. The Labute approximate surface area is 112 Å². The minimum atomic E-state index is -0.744. The summed E-state index contributed by atoms with van der Waals surface area (Å²) in [6.07, 6.45) is 1.07. The Bertz CT molecular complexity index is 463. The summed E-state index contributed by atoms with van der Waals surface area (Å²) in [6, 6.07) is 4.95. The molecule has 104 valence electrons. The SMILES string of the molecule is CCC1C2CNCC2CN1Cc1cccc(F)c1F. The first-order valence-electron chi connectivity index (χ1n) is 7.08. The smallest absolute Gasteiger partial charge is 0.163 e. The highest BCUT2D eigenvalue weighted by Crippen LogP contribution is 2.35. The second kappa shape index (κ2) is 5.17. The van der Waals surface area contributed by atoms with Crippen LogP contribution in [0.3, 0.4) is 0 Å². The lowest BCUT2D eigenvalue weighted by molar-refractivity contribution is 0.207. The third-order valence-electron chi connectivity index (χ3n) is 4.65. The molecule has 2 fully saturated rings. The fourth-order valence-corrected chi connectivity index (χ4v) is 3.74. The van der Waals surface area contributed by atoms with Gasteiger partial charge in [-0.15, -0.1) is 0 Å². The van der Waals surface area contributed by atoms with E-state index in [-0.39, 0.29) is 0 Å². The molecule has 3 atom stereocenters. The van der Waals surface area contributed by atoms with Gasteiger partial charge in [0, 0.05) is 24.7 Å². The fraction of sp³-hybridized carbons (Fsp3) is 0.600. The van der Waals surface area contributed by atoms with Gasteiger partial charge in [-0.25, -0.2) is 8.78 Å². The molecule has 2 aliphatic rings. The monoisotopic (exact) mass is 266 g/mol. The van der Waals surface area contributed by atoms with E-state index >= 15 is 0 Å². The first-order chi connectivity index (χ1) is 9.20. The summed E-state index contributed by atoms with van der Waals surface area (Å²) >= 11 is 0. The molecule has 1 aromatic rings. The van der Waals surface area contributed by atoms with Gasteiger partial charge in [0.15, 0.2) is 11.6 Å². The van der Waals surface area contributed by atoms with E-state index in [0.717, 1.165) is 26.1 Å². The zero-order valence-corrected chi connectivity index (χ0v) is 11.2. The van der Waals surface area contributed by atoms with E-state index < -0.39 is 11.6 Å². The molecule has 2 nitrogen and oxygen atoms in total. The second-order valence-electron chi connectivity index (χ2n) is 5.70. The molecule has 1 aromatic carbocycles. The average molecular weight is 266 g/mol. The Balaban J connectivity index is 1.78. The number of benzene rings is 1. The fourth-order valence-electron chi connectivity index (χ4n) is 3.74. The number of fused-ring (bicyclic) bond motifs is 1. The molecule has 0 aliphatic carbocycles. The quantitative estimate of drug-likeness (QED) is 0.903. The summed E-state index contributed by atoms with van der Waals surface area (Å²) in [5.41, 5.74) is 0.478. The third kappa shape index (κ3) is 2.28. The molecule has 3 unspecified atom stereocenters. The van der Waals surface area contributed by atoms with E-state index in [1.165, 1.54) is 6.07 Å². The van der Waals surface area contributed by atoms with Crippen LogP contribution in [0.4, 0.5) is 8.78 Å². The Kier molecular flexibility index (Phi) is 3.54. The maximum Gasteiger partial charge on any atom is 0.163 e. The number of likely N-dealkylation sites (tertiary alicyclic amines) is 1. The van der Waals surface area contributed by atoms with Crippen molar-refractivity contribution in [1.82, 2.24) is 10.2 Å². The molecule has 2 aliphatic heterocycles. The van der Waals surface area contributed by atoms with Crippen molar-refractivity contribution in [1.29, 1.82) is 0 Å². The summed E-state index contributed by atoms with van der Waals surface area (Å²) in [7, 11) is 0. The largest absolute Gasteiger partial charge is 0.316 e. The van der Waals surface area contributed by atoms with Gasteiger partial charge in [-0.2, -0.15) is 0 Å². The molecular weight excluding hydrogens is 246 g/mol. The minimum Gasteiger partial charge on any atom is -0.316 e. The van der Waals surface area contributed by atoms with Gasteiger partial charge in [-0.1, -0.05) is 19.1 Å². The minimum absolute atomic E-state index is 0.478. The van der Waals surface area contributed by atoms with Crippen molar-refractivity contribution in [2.24, 2.45) is 11.8 Å². The maximum atomic E-state index is 13.8. The van der Waals surface area contributed by atoms with Gasteiger partial charge in [0.25, 0.3) is 0 Å². The molecule has 0 amide bonds. The Morgan fingerprint density at radius 3 is 2.95 bits per heavy atom. The summed E-state index contributed by atoms with van der Waals surface area (Å²) in [5, 5.41) is 3.43. The Hall–Kier alpha value is -1.00.